The van der Waals surface area contributed by atoms with Crippen LogP contribution in [0.5, 0.6) is 0 Å². The van der Waals surface area contributed by atoms with Gasteiger partial charge in [-0.3, -0.25) is 0 Å². The normalized spacial score (nSPS) is 26.8. The highest BCUT2D eigenvalue weighted by atomic mass is 35.5. The fraction of sp³-hybridized carbons (Fsp3) is 0.571. The first-order chi connectivity index (χ1) is 9.78. The molecule has 1 N–H and O–H groups in total. The Morgan fingerprint density at radius 3 is 2.48 bits per heavy atom. The second-order valence-electron chi connectivity index (χ2n) is 5.56. The molecule has 1 saturated heterocycles. The van der Waals surface area contributed by atoms with E-state index in [0.29, 0.717) is 11.6 Å². The third-order valence-electron chi connectivity index (χ3n) is 3.57. The zero-order valence-electron chi connectivity index (χ0n) is 12.1. The van der Waals surface area contributed by atoms with Crippen LogP contribution in [0.1, 0.15) is 13.8 Å². The predicted molar refractivity (Wildman–Crippen MR) is 84.1 cm³/mol. The zero-order valence-corrected chi connectivity index (χ0v) is 14.4. The summed E-state index contributed by atoms with van der Waals surface area (Å²) >= 11 is 11.8. The molecule has 0 bridgehead atoms. The quantitative estimate of drug-likeness (QED) is 0.892. The molecule has 0 saturated carbocycles. The maximum Gasteiger partial charge on any atom is 0.185 e. The Morgan fingerprint density at radius 2 is 1.86 bits per heavy atom. The van der Waals surface area contributed by atoms with E-state index in [0.717, 1.165) is 13.1 Å². The number of rotatable bonds is 4. The van der Waals surface area contributed by atoms with Gasteiger partial charge in [-0.15, -0.1) is 0 Å². The zero-order chi connectivity index (χ0) is 15.6. The molecule has 4 nitrogen and oxygen atoms in total. The van der Waals surface area contributed by atoms with Gasteiger partial charge in [-0.2, -0.15) is 0 Å². The molecule has 1 unspecified atom stereocenters. The second kappa shape index (κ2) is 6.84. The van der Waals surface area contributed by atoms with E-state index in [4.69, 9.17) is 27.9 Å². The van der Waals surface area contributed by atoms with Crippen molar-refractivity contribution in [3.05, 3.63) is 28.2 Å². The van der Waals surface area contributed by atoms with E-state index in [-0.39, 0.29) is 27.9 Å². The molecule has 1 aromatic rings. The van der Waals surface area contributed by atoms with Gasteiger partial charge in [-0.05, 0) is 32.0 Å². The van der Waals surface area contributed by atoms with Gasteiger partial charge in [0.15, 0.2) is 9.84 Å². The first-order valence-corrected chi connectivity index (χ1v) is 9.35. The van der Waals surface area contributed by atoms with Gasteiger partial charge in [0.25, 0.3) is 0 Å². The van der Waals surface area contributed by atoms with Crippen LogP contribution in [0.15, 0.2) is 23.1 Å². The smallest absolute Gasteiger partial charge is 0.185 e. The minimum atomic E-state index is -3.43. The Bertz CT molecular complexity index is 596. The van der Waals surface area contributed by atoms with Gasteiger partial charge in [0.1, 0.15) is 31.1 Å². The maximum atomic E-state index is 12.4. The number of quaternary nitrogens is 1. The molecule has 0 aromatic heterocycles. The van der Waals surface area contributed by atoms with Crippen LogP contribution < -0.4 is 4.90 Å². The number of benzene rings is 1. The summed E-state index contributed by atoms with van der Waals surface area (Å²) in [6, 6.07) is 4.52. The van der Waals surface area contributed by atoms with Gasteiger partial charge in [0, 0.05) is 5.02 Å². The molecule has 21 heavy (non-hydrogen) atoms. The first-order valence-electron chi connectivity index (χ1n) is 6.95. The standard InChI is InChI=1S/C14H19Cl2NO3S/c1-10-8-17(9-11(2)20-10)5-6-21(18,19)14-7-12(15)3-4-13(14)16/h3-4,7,10-11H,5-6,8-9H2,1-2H3/p+1/t10-,11+. The molecule has 3 atom stereocenters. The summed E-state index contributed by atoms with van der Waals surface area (Å²) in [6.07, 6.45) is 0.308. The van der Waals surface area contributed by atoms with E-state index in [1.54, 1.807) is 6.07 Å². The van der Waals surface area contributed by atoms with E-state index >= 15 is 0 Å². The number of ether oxygens (including phenoxy) is 1. The summed E-state index contributed by atoms with van der Waals surface area (Å²) in [5.41, 5.74) is 0. The van der Waals surface area contributed by atoms with Crippen LogP contribution in [0.25, 0.3) is 0 Å². The number of morpholine rings is 1. The fourth-order valence-electron chi connectivity index (χ4n) is 2.70. The third-order valence-corrected chi connectivity index (χ3v) is 6.00. The monoisotopic (exact) mass is 352 g/mol. The summed E-state index contributed by atoms with van der Waals surface area (Å²) in [5.74, 6) is 0.0574. The summed E-state index contributed by atoms with van der Waals surface area (Å²) in [5, 5.41) is 0.594. The van der Waals surface area contributed by atoms with Crippen molar-refractivity contribution in [2.24, 2.45) is 0 Å². The maximum absolute atomic E-state index is 12.4. The van der Waals surface area contributed by atoms with Gasteiger partial charge in [0.05, 0.1) is 16.5 Å². The second-order valence-corrected chi connectivity index (χ2v) is 8.48. The molecule has 1 aliphatic rings. The molecule has 1 aliphatic heterocycles. The van der Waals surface area contributed by atoms with Crippen LogP contribution in [-0.4, -0.2) is 46.0 Å². The van der Waals surface area contributed by atoms with Gasteiger partial charge >= 0.3 is 0 Å². The average molecular weight is 353 g/mol. The molecule has 0 amide bonds. The highest BCUT2D eigenvalue weighted by molar-refractivity contribution is 7.91. The lowest BCUT2D eigenvalue weighted by atomic mass is 10.2. The molecule has 0 aliphatic carbocycles. The van der Waals surface area contributed by atoms with E-state index in [9.17, 15) is 8.42 Å². The van der Waals surface area contributed by atoms with Crippen molar-refractivity contribution in [1.82, 2.24) is 0 Å². The van der Waals surface area contributed by atoms with Gasteiger partial charge < -0.3 is 9.64 Å². The molecule has 1 fully saturated rings. The Kier molecular flexibility index (Phi) is 5.54. The van der Waals surface area contributed by atoms with Gasteiger partial charge in [-0.1, -0.05) is 23.2 Å². The van der Waals surface area contributed by atoms with Crippen molar-refractivity contribution in [3.63, 3.8) is 0 Å². The summed E-state index contributed by atoms with van der Waals surface area (Å²) in [6.45, 7) is 6.21. The van der Waals surface area contributed by atoms with E-state index in [1.165, 1.54) is 17.0 Å². The topological polar surface area (TPSA) is 47.8 Å². The van der Waals surface area contributed by atoms with Crippen molar-refractivity contribution >= 4 is 33.0 Å². The summed E-state index contributed by atoms with van der Waals surface area (Å²) in [7, 11) is -3.43. The minimum absolute atomic E-state index is 0.0574. The van der Waals surface area contributed by atoms with E-state index < -0.39 is 9.84 Å². The van der Waals surface area contributed by atoms with Gasteiger partial charge in [0.2, 0.25) is 0 Å². The lowest BCUT2D eigenvalue weighted by Crippen LogP contribution is -3.16. The minimum Gasteiger partial charge on any atom is -0.364 e. The summed E-state index contributed by atoms with van der Waals surface area (Å²) < 4.78 is 30.5. The molecule has 2 rings (SSSR count). The fourth-order valence-corrected chi connectivity index (χ4v) is 4.85. The van der Waals surface area contributed by atoms with Crippen molar-refractivity contribution in [2.75, 3.05) is 25.4 Å². The van der Waals surface area contributed by atoms with Crippen molar-refractivity contribution in [1.29, 1.82) is 0 Å². The summed E-state index contributed by atoms with van der Waals surface area (Å²) in [4.78, 5) is 1.35. The molecule has 0 spiro atoms. The molecular formula is C14H20Cl2NO3S+. The molecule has 118 valence electrons. The Hall–Kier alpha value is -0.330. The van der Waals surface area contributed by atoms with Crippen LogP contribution in [0.3, 0.4) is 0 Å². The molecular weight excluding hydrogens is 333 g/mol. The third kappa shape index (κ3) is 4.57. The van der Waals surface area contributed by atoms with E-state index in [1.807, 2.05) is 13.8 Å². The van der Waals surface area contributed by atoms with Crippen molar-refractivity contribution in [3.8, 4) is 0 Å². The SMILES string of the molecule is C[C@@H]1C[NH+](CCS(=O)(=O)c2cc(Cl)ccc2Cl)C[C@H](C)O1. The lowest BCUT2D eigenvalue weighted by Gasteiger charge is -2.32. The molecule has 7 heteroatoms. The highest BCUT2D eigenvalue weighted by Gasteiger charge is 2.28. The van der Waals surface area contributed by atoms with Gasteiger partial charge in [-0.25, -0.2) is 8.42 Å². The Labute approximate surface area is 135 Å². The number of nitrogens with one attached hydrogen (secondary N) is 1. The Balaban J connectivity index is 2.06. The number of sulfone groups is 1. The number of hydrogen-bond acceptors (Lipinski definition) is 3. The first kappa shape index (κ1) is 17.0. The van der Waals surface area contributed by atoms with Crippen LogP contribution in [0, 0.1) is 0 Å². The lowest BCUT2D eigenvalue weighted by molar-refractivity contribution is -0.912. The molecule has 1 heterocycles. The predicted octanol–water partition coefficient (Wildman–Crippen LogP) is 1.46. The largest absolute Gasteiger partial charge is 0.364 e. The average Bonchev–Trinajstić information content (AvgIpc) is 2.38. The van der Waals surface area contributed by atoms with Crippen molar-refractivity contribution < 1.29 is 18.1 Å². The van der Waals surface area contributed by atoms with Crippen molar-refractivity contribution in [2.45, 2.75) is 31.0 Å². The Morgan fingerprint density at radius 1 is 1.24 bits per heavy atom. The highest BCUT2D eigenvalue weighted by Crippen LogP contribution is 2.25. The van der Waals surface area contributed by atoms with E-state index in [2.05, 4.69) is 0 Å². The number of hydrogen-bond donors (Lipinski definition) is 1. The van der Waals surface area contributed by atoms with Crippen LogP contribution in [0.4, 0.5) is 0 Å². The van der Waals surface area contributed by atoms with Crippen LogP contribution in [0.2, 0.25) is 10.0 Å². The number of halogens is 2. The molecule has 1 aromatic carbocycles. The van der Waals surface area contributed by atoms with Crippen LogP contribution >= 0.6 is 23.2 Å². The molecule has 0 radical (unpaired) electrons. The van der Waals surface area contributed by atoms with Crippen LogP contribution in [-0.2, 0) is 14.6 Å².